The second kappa shape index (κ2) is 6.67. The van der Waals surface area contributed by atoms with Gasteiger partial charge in [0.1, 0.15) is 0 Å². The summed E-state index contributed by atoms with van der Waals surface area (Å²) in [6, 6.07) is 9.18. The minimum absolute atomic E-state index is 0.138. The maximum Gasteiger partial charge on any atom is 0.335 e. The fourth-order valence-corrected chi connectivity index (χ4v) is 2.20. The van der Waals surface area contributed by atoms with Crippen molar-refractivity contribution in [3.8, 4) is 0 Å². The lowest BCUT2D eigenvalue weighted by Gasteiger charge is -2.06. The number of carbonyl (C=O) groups excluding carboxylic acids is 2. The van der Waals surface area contributed by atoms with Crippen molar-refractivity contribution in [2.45, 2.75) is 0 Å². The number of amides is 2. The highest BCUT2D eigenvalue weighted by Crippen LogP contribution is 2.10. The van der Waals surface area contributed by atoms with Gasteiger partial charge in [-0.1, -0.05) is 6.07 Å². The van der Waals surface area contributed by atoms with Crippen LogP contribution in [0.3, 0.4) is 0 Å². The zero-order valence-corrected chi connectivity index (χ0v) is 11.6. The molecule has 0 aliphatic rings. The Hall–Kier alpha value is -2.67. The standard InChI is InChI=1S/C14H12N2O4S/c17-12(8-15-13(18)11-2-1-7-21-11)16-10-5-3-9(4-6-10)14(19)20/h1-7H,8H2,(H,15,18)(H,16,17)(H,19,20). The molecule has 0 spiro atoms. The molecule has 0 unspecified atom stereocenters. The van der Waals surface area contributed by atoms with Gasteiger partial charge in [-0.05, 0) is 35.7 Å². The number of thiophene rings is 1. The van der Waals surface area contributed by atoms with Crippen molar-refractivity contribution in [3.63, 3.8) is 0 Å². The van der Waals surface area contributed by atoms with E-state index in [0.717, 1.165) is 0 Å². The van der Waals surface area contributed by atoms with E-state index in [1.165, 1.54) is 35.6 Å². The third-order valence-electron chi connectivity index (χ3n) is 2.57. The van der Waals surface area contributed by atoms with E-state index in [2.05, 4.69) is 10.6 Å². The highest BCUT2D eigenvalue weighted by molar-refractivity contribution is 7.12. The molecule has 2 aromatic rings. The van der Waals surface area contributed by atoms with Crippen molar-refractivity contribution in [1.29, 1.82) is 0 Å². The van der Waals surface area contributed by atoms with Gasteiger partial charge in [-0.15, -0.1) is 11.3 Å². The van der Waals surface area contributed by atoms with Gasteiger partial charge in [0, 0.05) is 5.69 Å². The molecule has 2 rings (SSSR count). The molecule has 6 nitrogen and oxygen atoms in total. The van der Waals surface area contributed by atoms with Crippen molar-refractivity contribution in [2.24, 2.45) is 0 Å². The Morgan fingerprint density at radius 3 is 2.38 bits per heavy atom. The van der Waals surface area contributed by atoms with Gasteiger partial charge in [-0.25, -0.2) is 4.79 Å². The van der Waals surface area contributed by atoms with Gasteiger partial charge in [0.15, 0.2) is 0 Å². The number of hydrogen-bond acceptors (Lipinski definition) is 4. The molecular weight excluding hydrogens is 292 g/mol. The molecular formula is C14H12N2O4S. The third kappa shape index (κ3) is 4.15. The van der Waals surface area contributed by atoms with Crippen LogP contribution in [0.25, 0.3) is 0 Å². The number of rotatable bonds is 5. The largest absolute Gasteiger partial charge is 0.478 e. The third-order valence-corrected chi connectivity index (χ3v) is 3.44. The minimum atomic E-state index is -1.03. The fraction of sp³-hybridized carbons (Fsp3) is 0.0714. The number of nitrogens with one attached hydrogen (secondary N) is 2. The maximum atomic E-state index is 11.7. The molecule has 7 heteroatoms. The summed E-state index contributed by atoms with van der Waals surface area (Å²) in [6.45, 7) is -0.155. The predicted octanol–water partition coefficient (Wildman–Crippen LogP) is 1.81. The Kier molecular flexibility index (Phi) is 4.68. The van der Waals surface area contributed by atoms with Gasteiger partial charge < -0.3 is 15.7 Å². The lowest BCUT2D eigenvalue weighted by molar-refractivity contribution is -0.115. The van der Waals surface area contributed by atoms with E-state index in [1.807, 2.05) is 0 Å². The summed E-state index contributed by atoms with van der Waals surface area (Å²) in [4.78, 5) is 34.5. The number of benzene rings is 1. The number of carboxylic acid groups (broad SMARTS) is 1. The number of hydrogen-bond donors (Lipinski definition) is 3. The number of aromatic carboxylic acids is 1. The minimum Gasteiger partial charge on any atom is -0.478 e. The average molecular weight is 304 g/mol. The molecule has 21 heavy (non-hydrogen) atoms. The van der Waals surface area contributed by atoms with Gasteiger partial charge in [0.2, 0.25) is 5.91 Å². The van der Waals surface area contributed by atoms with E-state index < -0.39 is 5.97 Å². The van der Waals surface area contributed by atoms with Crippen LogP contribution in [0, 0.1) is 0 Å². The molecule has 1 heterocycles. The number of anilines is 1. The zero-order valence-electron chi connectivity index (χ0n) is 10.8. The molecule has 0 aliphatic heterocycles. The second-order valence-corrected chi connectivity index (χ2v) is 5.04. The Labute approximate surface area is 124 Å². The van der Waals surface area contributed by atoms with E-state index in [4.69, 9.17) is 5.11 Å². The van der Waals surface area contributed by atoms with Crippen molar-refractivity contribution >= 4 is 34.8 Å². The Balaban J connectivity index is 1.84. The first-order chi connectivity index (χ1) is 10.1. The van der Waals surface area contributed by atoms with E-state index >= 15 is 0 Å². The Bertz CT molecular complexity index is 650. The summed E-state index contributed by atoms with van der Waals surface area (Å²) in [5, 5.41) is 15.6. The summed E-state index contributed by atoms with van der Waals surface area (Å²) < 4.78 is 0. The topological polar surface area (TPSA) is 95.5 Å². The van der Waals surface area contributed by atoms with Gasteiger partial charge in [0.25, 0.3) is 5.91 Å². The normalized spacial score (nSPS) is 9.90. The lowest BCUT2D eigenvalue weighted by atomic mass is 10.2. The smallest absolute Gasteiger partial charge is 0.335 e. The Morgan fingerprint density at radius 2 is 1.81 bits per heavy atom. The maximum absolute atomic E-state index is 11.7. The average Bonchev–Trinajstić information content (AvgIpc) is 2.99. The van der Waals surface area contributed by atoms with Crippen LogP contribution in [0.4, 0.5) is 5.69 Å². The molecule has 0 atom stereocenters. The number of carbonyl (C=O) groups is 3. The first kappa shape index (κ1) is 14.7. The summed E-state index contributed by atoms with van der Waals surface area (Å²) in [6.07, 6.45) is 0. The molecule has 0 saturated heterocycles. The highest BCUT2D eigenvalue weighted by Gasteiger charge is 2.09. The van der Waals surface area contributed by atoms with Crippen LogP contribution in [-0.2, 0) is 4.79 Å². The van der Waals surface area contributed by atoms with Crippen molar-refractivity contribution in [2.75, 3.05) is 11.9 Å². The SMILES string of the molecule is O=C(CNC(=O)c1cccs1)Nc1ccc(C(=O)O)cc1. The molecule has 1 aromatic heterocycles. The van der Waals surface area contributed by atoms with E-state index in [9.17, 15) is 14.4 Å². The molecule has 2 amide bonds. The van der Waals surface area contributed by atoms with Crippen LogP contribution >= 0.6 is 11.3 Å². The van der Waals surface area contributed by atoms with Gasteiger partial charge in [-0.2, -0.15) is 0 Å². The first-order valence-corrected chi connectivity index (χ1v) is 6.89. The zero-order chi connectivity index (χ0) is 15.2. The van der Waals surface area contributed by atoms with E-state index in [-0.39, 0.29) is 23.9 Å². The van der Waals surface area contributed by atoms with Crippen LogP contribution < -0.4 is 10.6 Å². The Morgan fingerprint density at radius 1 is 1.10 bits per heavy atom. The van der Waals surface area contributed by atoms with Crippen molar-refractivity contribution in [1.82, 2.24) is 5.32 Å². The summed E-state index contributed by atoms with van der Waals surface area (Å²) >= 11 is 1.29. The summed E-state index contributed by atoms with van der Waals surface area (Å²) in [5.41, 5.74) is 0.606. The molecule has 0 saturated carbocycles. The van der Waals surface area contributed by atoms with Gasteiger partial charge >= 0.3 is 5.97 Å². The van der Waals surface area contributed by atoms with Crippen LogP contribution in [0.15, 0.2) is 41.8 Å². The highest BCUT2D eigenvalue weighted by atomic mass is 32.1. The monoisotopic (exact) mass is 304 g/mol. The molecule has 0 aliphatic carbocycles. The second-order valence-electron chi connectivity index (χ2n) is 4.09. The van der Waals surface area contributed by atoms with E-state index in [1.54, 1.807) is 17.5 Å². The molecule has 0 fully saturated rings. The van der Waals surface area contributed by atoms with Crippen LogP contribution in [-0.4, -0.2) is 29.4 Å². The van der Waals surface area contributed by atoms with Gasteiger partial charge in [0.05, 0.1) is 17.0 Å². The molecule has 0 radical (unpaired) electrons. The van der Waals surface area contributed by atoms with Crippen molar-refractivity contribution in [3.05, 3.63) is 52.2 Å². The summed E-state index contributed by atoms with van der Waals surface area (Å²) in [7, 11) is 0. The predicted molar refractivity (Wildman–Crippen MR) is 78.7 cm³/mol. The molecule has 108 valence electrons. The van der Waals surface area contributed by atoms with Gasteiger partial charge in [-0.3, -0.25) is 9.59 Å². The van der Waals surface area contributed by atoms with Crippen LogP contribution in [0.1, 0.15) is 20.0 Å². The van der Waals surface area contributed by atoms with Crippen LogP contribution in [0.5, 0.6) is 0 Å². The molecule has 1 aromatic carbocycles. The van der Waals surface area contributed by atoms with E-state index in [0.29, 0.717) is 10.6 Å². The quantitative estimate of drug-likeness (QED) is 0.785. The number of carboxylic acids is 1. The molecule has 0 bridgehead atoms. The molecule has 3 N–H and O–H groups in total. The van der Waals surface area contributed by atoms with Crippen molar-refractivity contribution < 1.29 is 19.5 Å². The summed E-state index contributed by atoms with van der Waals surface area (Å²) in [5.74, 6) is -1.72. The fourth-order valence-electron chi connectivity index (χ4n) is 1.56. The first-order valence-electron chi connectivity index (χ1n) is 6.01. The van der Waals surface area contributed by atoms with Crippen LogP contribution in [0.2, 0.25) is 0 Å². The lowest BCUT2D eigenvalue weighted by Crippen LogP contribution is -2.32.